The van der Waals surface area contributed by atoms with Gasteiger partial charge in [-0.05, 0) is 30.3 Å². The summed E-state index contributed by atoms with van der Waals surface area (Å²) in [4.78, 5) is 26.1. The lowest BCUT2D eigenvalue weighted by Crippen LogP contribution is -2.48. The number of hydrogen-bond donors (Lipinski definition) is 4. The van der Waals surface area contributed by atoms with E-state index in [0.29, 0.717) is 28.2 Å². The first-order chi connectivity index (χ1) is 20.7. The number of ether oxygens (including phenoxy) is 1. The second-order valence-electron chi connectivity index (χ2n) is 10.0. The van der Waals surface area contributed by atoms with Crippen LogP contribution in [0.25, 0.3) is 11.0 Å². The predicted molar refractivity (Wildman–Crippen MR) is 173 cm³/mol. The highest BCUT2D eigenvalue weighted by Crippen LogP contribution is 2.31. The van der Waals surface area contributed by atoms with Crippen LogP contribution in [0.1, 0.15) is 7.43 Å². The number of aromatic nitrogens is 2. The number of phenols is 1. The number of aromatic hydroxyl groups is 1. The number of fused-ring (bicyclic) bond motifs is 1. The van der Waals surface area contributed by atoms with Gasteiger partial charge in [-0.2, -0.15) is 0 Å². The molecule has 2 heterocycles. The van der Waals surface area contributed by atoms with Crippen molar-refractivity contribution in [2.24, 2.45) is 0 Å². The lowest BCUT2D eigenvalue weighted by molar-refractivity contribution is -0.117. The third-order valence-corrected chi connectivity index (χ3v) is 8.18. The van der Waals surface area contributed by atoms with Crippen molar-refractivity contribution >= 4 is 50.0 Å². The second-order valence-corrected chi connectivity index (χ2v) is 11.7. The Morgan fingerprint density at radius 1 is 0.955 bits per heavy atom. The molecule has 1 saturated heterocycles. The molecule has 0 unspecified atom stereocenters. The molecule has 0 spiro atoms. The number of carbonyl (C=O) groups excluding carboxylic acids is 1. The van der Waals surface area contributed by atoms with Crippen LogP contribution >= 0.6 is 0 Å². The van der Waals surface area contributed by atoms with E-state index in [9.17, 15) is 18.3 Å². The molecule has 0 saturated carbocycles. The van der Waals surface area contributed by atoms with E-state index in [-0.39, 0.29) is 42.2 Å². The lowest BCUT2D eigenvalue weighted by atomic mass is 10.2. The van der Waals surface area contributed by atoms with E-state index in [0.717, 1.165) is 32.7 Å². The molecule has 1 aliphatic rings. The molecule has 1 aromatic heterocycles. The van der Waals surface area contributed by atoms with Gasteiger partial charge in [-0.1, -0.05) is 31.7 Å². The van der Waals surface area contributed by atoms with E-state index >= 15 is 0 Å². The van der Waals surface area contributed by atoms with Gasteiger partial charge >= 0.3 is 0 Å². The maximum absolute atomic E-state index is 13.5. The fraction of sp³-hybridized carbons (Fsp3) is 0.258. The van der Waals surface area contributed by atoms with Crippen molar-refractivity contribution in [2.45, 2.75) is 12.3 Å². The number of hydrogen-bond acceptors (Lipinski definition) is 10. The Hall–Kier alpha value is -4.72. The van der Waals surface area contributed by atoms with E-state index in [1.165, 1.54) is 31.4 Å². The first-order valence-electron chi connectivity index (χ1n) is 13.6. The molecule has 13 heteroatoms. The molecule has 1 amide bonds. The van der Waals surface area contributed by atoms with Crippen molar-refractivity contribution in [3.63, 3.8) is 0 Å². The molecule has 0 atom stereocenters. The highest BCUT2D eigenvalue weighted by Gasteiger charge is 2.21. The third-order valence-electron chi connectivity index (χ3n) is 6.84. The summed E-state index contributed by atoms with van der Waals surface area (Å²) in [5.74, 6) is 0.186. The molecule has 232 valence electrons. The summed E-state index contributed by atoms with van der Waals surface area (Å²) in [7, 11) is -2.69. The average Bonchev–Trinajstić information content (AvgIpc) is 2.98. The van der Waals surface area contributed by atoms with Crippen molar-refractivity contribution in [1.29, 1.82) is 0 Å². The Labute approximate surface area is 257 Å². The van der Waals surface area contributed by atoms with Crippen LogP contribution in [0.4, 0.5) is 23.0 Å². The molecule has 1 fully saturated rings. The Balaban J connectivity index is 0.00000442. The molecular formula is C31H37N7O5S. The highest BCUT2D eigenvalue weighted by atomic mass is 32.2. The molecule has 5 rings (SSSR count). The normalized spacial score (nSPS) is 13.9. The molecular weight excluding hydrogens is 582 g/mol. The van der Waals surface area contributed by atoms with Crippen molar-refractivity contribution in [3.05, 3.63) is 79.4 Å². The number of benzene rings is 3. The Morgan fingerprint density at radius 2 is 1.64 bits per heavy atom. The number of anilines is 4. The standard InChI is InChI=1S/C30H33N7O5S.CH4/c1-3-11-36-12-14-37(15-13-36)20-28(39)31-21-7-6-8-25(18-21)43(40,41)35-30-29(33-26-9-4-5-10-27(26)34-30)32-22-16-23(38)19-24(17-22)42-2;/h3-10,16-19,38H,1,11-15,20H2,2H3,(H,31,39)(H,32,33)(H,34,35);1H4. The van der Waals surface area contributed by atoms with Crippen LogP contribution in [0.15, 0.2) is 84.3 Å². The average molecular weight is 620 g/mol. The number of amides is 1. The number of nitrogens with one attached hydrogen (secondary N) is 3. The molecule has 3 aromatic carbocycles. The minimum absolute atomic E-state index is 0. The SMILES string of the molecule is C.C=CCN1CCN(CC(=O)Nc2cccc(S(=O)(=O)Nc3nc4ccccc4nc3Nc3cc(O)cc(OC)c3)c2)CC1. The van der Waals surface area contributed by atoms with E-state index < -0.39 is 10.0 Å². The van der Waals surface area contributed by atoms with Gasteiger partial charge < -0.3 is 20.5 Å². The van der Waals surface area contributed by atoms with Crippen molar-refractivity contribution in [3.8, 4) is 11.5 Å². The van der Waals surface area contributed by atoms with Crippen LogP contribution in [0.2, 0.25) is 0 Å². The zero-order chi connectivity index (χ0) is 30.4. The molecule has 44 heavy (non-hydrogen) atoms. The van der Waals surface area contributed by atoms with Gasteiger partial charge in [0.25, 0.3) is 10.0 Å². The van der Waals surface area contributed by atoms with Gasteiger partial charge in [0.1, 0.15) is 11.5 Å². The zero-order valence-corrected chi connectivity index (χ0v) is 24.5. The highest BCUT2D eigenvalue weighted by molar-refractivity contribution is 7.92. The topological polar surface area (TPSA) is 149 Å². The van der Waals surface area contributed by atoms with Gasteiger partial charge in [-0.25, -0.2) is 18.4 Å². The van der Waals surface area contributed by atoms with Gasteiger partial charge in [0.2, 0.25) is 5.91 Å². The van der Waals surface area contributed by atoms with Crippen LogP contribution in [-0.4, -0.2) is 85.6 Å². The Bertz CT molecular complexity index is 1740. The number of nitrogens with zero attached hydrogens (tertiary/aromatic N) is 4. The number of methoxy groups -OCH3 is 1. The smallest absolute Gasteiger partial charge is 0.263 e. The summed E-state index contributed by atoms with van der Waals surface area (Å²) < 4.78 is 34.8. The van der Waals surface area contributed by atoms with E-state index in [1.54, 1.807) is 42.5 Å². The minimum Gasteiger partial charge on any atom is -0.508 e. The zero-order valence-electron chi connectivity index (χ0n) is 23.7. The predicted octanol–water partition coefficient (Wildman–Crippen LogP) is 4.27. The van der Waals surface area contributed by atoms with E-state index in [4.69, 9.17) is 4.74 Å². The molecule has 0 bridgehead atoms. The van der Waals surface area contributed by atoms with Gasteiger partial charge in [-0.3, -0.25) is 19.3 Å². The number of rotatable bonds is 11. The summed E-state index contributed by atoms with van der Waals surface area (Å²) in [6, 6.07) is 17.6. The van der Waals surface area contributed by atoms with E-state index in [2.05, 4.69) is 41.7 Å². The summed E-state index contributed by atoms with van der Waals surface area (Å²) in [6.07, 6.45) is 1.87. The van der Waals surface area contributed by atoms with Gasteiger partial charge in [0, 0.05) is 62.3 Å². The largest absolute Gasteiger partial charge is 0.508 e. The lowest BCUT2D eigenvalue weighted by Gasteiger charge is -2.33. The van der Waals surface area contributed by atoms with Crippen molar-refractivity contribution in [2.75, 3.05) is 61.7 Å². The molecule has 0 aliphatic carbocycles. The molecule has 4 aromatic rings. The maximum atomic E-state index is 13.5. The summed E-state index contributed by atoms with van der Waals surface area (Å²) >= 11 is 0. The van der Waals surface area contributed by atoms with Crippen LogP contribution in [0, 0.1) is 0 Å². The summed E-state index contributed by atoms with van der Waals surface area (Å²) in [5.41, 5.74) is 1.78. The van der Waals surface area contributed by atoms with Gasteiger partial charge in [0.05, 0.1) is 29.6 Å². The first kappa shape index (κ1) is 32.2. The van der Waals surface area contributed by atoms with Gasteiger partial charge in [-0.15, -0.1) is 6.58 Å². The number of carbonyl (C=O) groups is 1. The van der Waals surface area contributed by atoms with Crippen LogP contribution in [0.3, 0.4) is 0 Å². The number of para-hydroxylation sites is 2. The monoisotopic (exact) mass is 619 g/mol. The maximum Gasteiger partial charge on any atom is 0.263 e. The molecule has 4 N–H and O–H groups in total. The van der Waals surface area contributed by atoms with Crippen molar-refractivity contribution < 1.29 is 23.1 Å². The minimum atomic E-state index is -4.16. The van der Waals surface area contributed by atoms with Crippen LogP contribution in [-0.2, 0) is 14.8 Å². The molecule has 0 radical (unpaired) electrons. The summed E-state index contributed by atoms with van der Waals surface area (Å²) in [5, 5.41) is 15.9. The quantitative estimate of drug-likeness (QED) is 0.179. The fourth-order valence-electron chi connectivity index (χ4n) is 4.71. The fourth-order valence-corrected chi connectivity index (χ4v) is 5.77. The number of piperazine rings is 1. The third kappa shape index (κ3) is 8.01. The van der Waals surface area contributed by atoms with Gasteiger partial charge in [0.15, 0.2) is 11.6 Å². The number of sulfonamides is 1. The number of phenolic OH excluding ortho intramolecular Hbond substituents is 1. The second kappa shape index (κ2) is 14.2. The Kier molecular flexibility index (Phi) is 10.4. The van der Waals surface area contributed by atoms with Crippen molar-refractivity contribution in [1.82, 2.24) is 19.8 Å². The van der Waals surface area contributed by atoms with Crippen LogP contribution < -0.4 is 20.1 Å². The molecule has 1 aliphatic heterocycles. The van der Waals surface area contributed by atoms with Crippen LogP contribution in [0.5, 0.6) is 11.5 Å². The Morgan fingerprint density at radius 3 is 2.32 bits per heavy atom. The van der Waals surface area contributed by atoms with E-state index in [1.807, 2.05) is 6.08 Å². The summed E-state index contributed by atoms with van der Waals surface area (Å²) in [6.45, 7) is 8.03. The first-order valence-corrected chi connectivity index (χ1v) is 15.1. The molecule has 12 nitrogen and oxygen atoms in total.